The molecule has 0 unspecified atom stereocenters. The van der Waals surface area contributed by atoms with E-state index in [1.54, 1.807) is 13.3 Å². The van der Waals surface area contributed by atoms with Crippen LogP contribution in [0.4, 0.5) is 5.82 Å². The average Bonchev–Trinajstić information content (AvgIpc) is 2.94. The van der Waals surface area contributed by atoms with Crippen LogP contribution in [-0.2, 0) is 6.42 Å². The molecule has 0 saturated carbocycles. The maximum Gasteiger partial charge on any atom is 0.259 e. The zero-order valence-electron chi connectivity index (χ0n) is 21.4. The minimum atomic E-state index is 0.0598. The quantitative estimate of drug-likeness (QED) is 0.463. The van der Waals surface area contributed by atoms with E-state index in [-0.39, 0.29) is 5.91 Å². The van der Waals surface area contributed by atoms with E-state index in [1.165, 1.54) is 5.56 Å². The molecule has 0 radical (unpaired) electrons. The van der Waals surface area contributed by atoms with Gasteiger partial charge >= 0.3 is 0 Å². The maximum absolute atomic E-state index is 13.6. The van der Waals surface area contributed by atoms with Gasteiger partial charge in [0.05, 0.1) is 7.11 Å². The van der Waals surface area contributed by atoms with E-state index < -0.39 is 0 Å². The Hall–Kier alpha value is -3.41. The van der Waals surface area contributed by atoms with Gasteiger partial charge in [-0.3, -0.25) is 4.79 Å². The van der Waals surface area contributed by atoms with Crippen molar-refractivity contribution in [3.05, 3.63) is 71.9 Å². The van der Waals surface area contributed by atoms with Crippen LogP contribution in [0, 0.1) is 11.8 Å². The second-order valence-corrected chi connectivity index (χ2v) is 10.3. The third-order valence-electron chi connectivity index (χ3n) is 7.70. The number of piperidine rings is 2. The lowest BCUT2D eigenvalue weighted by atomic mass is 9.90. The molecular formula is C30H36N4O2. The Labute approximate surface area is 214 Å². The van der Waals surface area contributed by atoms with Gasteiger partial charge in [-0.25, -0.2) is 9.97 Å². The molecule has 2 fully saturated rings. The monoisotopic (exact) mass is 484 g/mol. The van der Waals surface area contributed by atoms with Crippen molar-refractivity contribution in [1.29, 1.82) is 0 Å². The van der Waals surface area contributed by atoms with Crippen LogP contribution in [0.5, 0.6) is 5.75 Å². The number of carbonyl (C=O) groups excluding carboxylic acids is 1. The molecule has 188 valence electrons. The molecule has 0 spiro atoms. The molecule has 2 aliphatic heterocycles. The normalized spacial score (nSPS) is 17.3. The molecule has 2 aliphatic rings. The van der Waals surface area contributed by atoms with Gasteiger partial charge in [-0.05, 0) is 73.8 Å². The largest absolute Gasteiger partial charge is 0.497 e. The third-order valence-corrected chi connectivity index (χ3v) is 7.70. The Kier molecular flexibility index (Phi) is 7.49. The number of methoxy groups -OCH3 is 1. The highest BCUT2D eigenvalue weighted by molar-refractivity contribution is 5.99. The van der Waals surface area contributed by atoms with Crippen molar-refractivity contribution in [3.63, 3.8) is 0 Å². The van der Waals surface area contributed by atoms with E-state index >= 15 is 0 Å². The van der Waals surface area contributed by atoms with Crippen molar-refractivity contribution in [3.8, 4) is 17.1 Å². The highest BCUT2D eigenvalue weighted by Gasteiger charge is 2.29. The number of hydrogen-bond donors (Lipinski definition) is 0. The van der Waals surface area contributed by atoms with E-state index in [0.717, 1.165) is 75.4 Å². The summed E-state index contributed by atoms with van der Waals surface area (Å²) in [5.74, 6) is 3.59. The molecule has 0 aliphatic carbocycles. The van der Waals surface area contributed by atoms with E-state index in [1.807, 2.05) is 29.2 Å². The molecule has 2 saturated heterocycles. The molecule has 1 aromatic heterocycles. The van der Waals surface area contributed by atoms with Crippen molar-refractivity contribution in [1.82, 2.24) is 14.9 Å². The summed E-state index contributed by atoms with van der Waals surface area (Å²) in [4.78, 5) is 27.5. The van der Waals surface area contributed by atoms with Crippen molar-refractivity contribution < 1.29 is 9.53 Å². The summed E-state index contributed by atoms with van der Waals surface area (Å²) in [7, 11) is 1.66. The fourth-order valence-corrected chi connectivity index (χ4v) is 5.32. The summed E-state index contributed by atoms with van der Waals surface area (Å²) >= 11 is 0. The second kappa shape index (κ2) is 11.1. The zero-order chi connectivity index (χ0) is 24.9. The number of nitrogens with zero attached hydrogens (tertiary/aromatic N) is 4. The summed E-state index contributed by atoms with van der Waals surface area (Å²) in [6.45, 7) is 5.67. The molecule has 6 heteroatoms. The Morgan fingerprint density at radius 2 is 1.64 bits per heavy atom. The van der Waals surface area contributed by atoms with Gasteiger partial charge in [0.1, 0.15) is 17.1 Å². The van der Waals surface area contributed by atoms with Gasteiger partial charge in [0.15, 0.2) is 5.82 Å². The molecule has 3 heterocycles. The smallest absolute Gasteiger partial charge is 0.259 e. The van der Waals surface area contributed by atoms with Crippen LogP contribution in [0.15, 0.2) is 60.8 Å². The molecule has 1 amide bonds. The first kappa shape index (κ1) is 24.3. The first-order valence-electron chi connectivity index (χ1n) is 13.2. The number of anilines is 1. The molecule has 6 nitrogen and oxygen atoms in total. The van der Waals surface area contributed by atoms with Crippen molar-refractivity contribution in [2.45, 2.75) is 39.0 Å². The highest BCUT2D eigenvalue weighted by atomic mass is 16.5. The van der Waals surface area contributed by atoms with Crippen LogP contribution in [0.3, 0.4) is 0 Å². The molecule has 3 aromatic rings. The van der Waals surface area contributed by atoms with Gasteiger partial charge in [-0.2, -0.15) is 0 Å². The van der Waals surface area contributed by atoms with E-state index in [0.29, 0.717) is 23.2 Å². The molecule has 2 aromatic carbocycles. The summed E-state index contributed by atoms with van der Waals surface area (Å²) < 4.78 is 5.30. The molecule has 36 heavy (non-hydrogen) atoms. The van der Waals surface area contributed by atoms with Crippen LogP contribution in [0.1, 0.15) is 48.5 Å². The third kappa shape index (κ3) is 5.53. The fourth-order valence-electron chi connectivity index (χ4n) is 5.32. The lowest BCUT2D eigenvalue weighted by molar-refractivity contribution is 0.0697. The first-order valence-corrected chi connectivity index (χ1v) is 13.2. The zero-order valence-corrected chi connectivity index (χ0v) is 21.4. The van der Waals surface area contributed by atoms with Crippen LogP contribution < -0.4 is 9.64 Å². The summed E-state index contributed by atoms with van der Waals surface area (Å²) in [5.41, 5.74) is 2.94. The standard InChI is InChI=1S/C30H36N4O2/c1-22-12-16-34(17-13-22)30(35)27-21-31-28(25-8-10-26(36-2)11-9-25)32-29(27)33-18-14-24(15-19-33)20-23-6-4-3-5-7-23/h3-11,21-22,24H,12-20H2,1-2H3. The van der Waals surface area contributed by atoms with Gasteiger partial charge in [-0.1, -0.05) is 37.3 Å². The van der Waals surface area contributed by atoms with Crippen molar-refractivity contribution >= 4 is 11.7 Å². The van der Waals surface area contributed by atoms with Gasteiger partial charge in [0.25, 0.3) is 5.91 Å². The number of hydrogen-bond acceptors (Lipinski definition) is 5. The number of likely N-dealkylation sites (tertiary alicyclic amines) is 1. The fraction of sp³-hybridized carbons (Fsp3) is 0.433. The van der Waals surface area contributed by atoms with Crippen molar-refractivity contribution in [2.24, 2.45) is 11.8 Å². The Bertz CT molecular complexity index is 1150. The maximum atomic E-state index is 13.6. The molecule has 0 N–H and O–H groups in total. The van der Waals surface area contributed by atoms with Crippen LogP contribution in [-0.4, -0.2) is 54.1 Å². The summed E-state index contributed by atoms with van der Waals surface area (Å²) in [6, 6.07) is 18.5. The van der Waals surface area contributed by atoms with E-state index in [4.69, 9.17) is 9.72 Å². The Morgan fingerprint density at radius 1 is 0.944 bits per heavy atom. The van der Waals surface area contributed by atoms with Gasteiger partial charge < -0.3 is 14.5 Å². The Morgan fingerprint density at radius 3 is 2.31 bits per heavy atom. The number of rotatable bonds is 6. The predicted molar refractivity (Wildman–Crippen MR) is 143 cm³/mol. The van der Waals surface area contributed by atoms with Crippen molar-refractivity contribution in [2.75, 3.05) is 38.2 Å². The molecule has 0 atom stereocenters. The van der Waals surface area contributed by atoms with Gasteiger partial charge in [0, 0.05) is 37.9 Å². The molecule has 5 rings (SSSR count). The summed E-state index contributed by atoms with van der Waals surface area (Å²) in [5, 5.41) is 0. The lowest BCUT2D eigenvalue weighted by Crippen LogP contribution is -2.40. The minimum absolute atomic E-state index is 0.0598. The molecule has 0 bridgehead atoms. The highest BCUT2D eigenvalue weighted by Crippen LogP contribution is 2.30. The number of amides is 1. The van der Waals surface area contributed by atoms with Crippen LogP contribution >= 0.6 is 0 Å². The number of benzene rings is 2. The summed E-state index contributed by atoms with van der Waals surface area (Å²) in [6.07, 6.45) is 7.14. The second-order valence-electron chi connectivity index (χ2n) is 10.3. The first-order chi connectivity index (χ1) is 17.6. The number of aromatic nitrogens is 2. The lowest BCUT2D eigenvalue weighted by Gasteiger charge is -2.35. The van der Waals surface area contributed by atoms with Crippen LogP contribution in [0.2, 0.25) is 0 Å². The topological polar surface area (TPSA) is 58.6 Å². The van der Waals surface area contributed by atoms with E-state index in [9.17, 15) is 4.79 Å². The number of carbonyl (C=O) groups is 1. The SMILES string of the molecule is COc1ccc(-c2ncc(C(=O)N3CCC(C)CC3)c(N3CCC(Cc4ccccc4)CC3)n2)cc1. The van der Waals surface area contributed by atoms with E-state index in [2.05, 4.69) is 47.1 Å². The minimum Gasteiger partial charge on any atom is -0.497 e. The van der Waals surface area contributed by atoms with Crippen LogP contribution in [0.25, 0.3) is 11.4 Å². The average molecular weight is 485 g/mol. The number of ether oxygens (including phenoxy) is 1. The van der Waals surface area contributed by atoms with Gasteiger partial charge in [0.2, 0.25) is 0 Å². The molecular weight excluding hydrogens is 448 g/mol. The van der Waals surface area contributed by atoms with Gasteiger partial charge in [-0.15, -0.1) is 0 Å². The Balaban J connectivity index is 1.39. The predicted octanol–water partition coefficient (Wildman–Crippen LogP) is 5.48.